The van der Waals surface area contributed by atoms with E-state index in [1.165, 1.54) is 28.7 Å². The number of rotatable bonds is 5. The van der Waals surface area contributed by atoms with Gasteiger partial charge in [-0.25, -0.2) is 13.4 Å². The van der Waals surface area contributed by atoms with Gasteiger partial charge in [0.15, 0.2) is 5.13 Å². The van der Waals surface area contributed by atoms with Crippen LogP contribution in [0.1, 0.15) is 21.9 Å². The lowest BCUT2D eigenvalue weighted by atomic mass is 10.2. The lowest BCUT2D eigenvalue weighted by molar-refractivity contribution is -0.118. The third-order valence-electron chi connectivity index (χ3n) is 4.34. The van der Waals surface area contributed by atoms with Gasteiger partial charge in [0.1, 0.15) is 6.04 Å². The Labute approximate surface area is 182 Å². The summed E-state index contributed by atoms with van der Waals surface area (Å²) in [6, 6.07) is 2.67. The average molecular weight is 481 g/mol. The van der Waals surface area contributed by atoms with E-state index in [2.05, 4.69) is 15.0 Å². The van der Waals surface area contributed by atoms with Crippen LogP contribution < -0.4 is 14.9 Å². The lowest BCUT2D eigenvalue weighted by Crippen LogP contribution is -2.40. The molecule has 2 aliphatic rings. The maximum absolute atomic E-state index is 12.7. The monoisotopic (exact) mass is 480 g/mol. The van der Waals surface area contributed by atoms with Crippen LogP contribution >= 0.6 is 46.7 Å². The Morgan fingerprint density at radius 3 is 2.89 bits per heavy atom. The van der Waals surface area contributed by atoms with Crippen molar-refractivity contribution in [3.63, 3.8) is 0 Å². The number of fused-ring (bicyclic) bond motifs is 1. The Morgan fingerprint density at radius 2 is 2.18 bits per heavy atom. The second-order valence-corrected chi connectivity index (χ2v) is 10.6. The van der Waals surface area contributed by atoms with Crippen LogP contribution in [0.25, 0.3) is 6.08 Å². The van der Waals surface area contributed by atoms with Crippen molar-refractivity contribution < 1.29 is 13.2 Å². The molecule has 0 bridgehead atoms. The van der Waals surface area contributed by atoms with Gasteiger partial charge in [0, 0.05) is 41.2 Å². The molecular weight excluding hydrogens is 463 g/mol. The van der Waals surface area contributed by atoms with E-state index in [-0.39, 0.29) is 18.3 Å². The molecule has 12 heteroatoms. The second kappa shape index (κ2) is 8.78. The normalized spacial score (nSPS) is 19.8. The summed E-state index contributed by atoms with van der Waals surface area (Å²) >= 11 is 8.62. The Hall–Kier alpha value is -1.01. The SMILES string of the molecule is Cl.O=C1[C@@H](NS(=O)(=O)/C=C/c2ccc(Cl)s2)CCN1c1nc2c(s1)CNCC2. The molecule has 0 unspecified atom stereocenters. The van der Waals surface area contributed by atoms with E-state index in [0.717, 1.165) is 40.4 Å². The van der Waals surface area contributed by atoms with E-state index < -0.39 is 16.1 Å². The number of amides is 1. The molecule has 4 heterocycles. The quantitative estimate of drug-likeness (QED) is 0.685. The van der Waals surface area contributed by atoms with Gasteiger partial charge in [-0.2, -0.15) is 4.72 Å². The van der Waals surface area contributed by atoms with Crippen LogP contribution in [0.15, 0.2) is 17.5 Å². The average Bonchev–Trinajstić information content (AvgIpc) is 3.32. The zero-order valence-electron chi connectivity index (χ0n) is 14.6. The molecule has 2 aromatic rings. The molecule has 2 N–H and O–H groups in total. The molecule has 1 amide bonds. The smallest absolute Gasteiger partial charge is 0.247 e. The van der Waals surface area contributed by atoms with Gasteiger partial charge >= 0.3 is 0 Å². The number of aromatic nitrogens is 1. The number of sulfonamides is 1. The van der Waals surface area contributed by atoms with Crippen LogP contribution in [0, 0.1) is 0 Å². The first-order valence-electron chi connectivity index (χ1n) is 8.38. The number of nitrogens with one attached hydrogen (secondary N) is 2. The topological polar surface area (TPSA) is 91.4 Å². The van der Waals surface area contributed by atoms with Crippen molar-refractivity contribution in [2.45, 2.75) is 25.4 Å². The zero-order chi connectivity index (χ0) is 19.0. The van der Waals surface area contributed by atoms with Gasteiger partial charge in [0.05, 0.1) is 10.0 Å². The minimum Gasteiger partial charge on any atom is -0.311 e. The number of thiophene rings is 1. The van der Waals surface area contributed by atoms with Crippen molar-refractivity contribution in [3.8, 4) is 0 Å². The molecule has 28 heavy (non-hydrogen) atoms. The predicted octanol–water partition coefficient (Wildman–Crippen LogP) is 2.62. The molecule has 0 aliphatic carbocycles. The summed E-state index contributed by atoms with van der Waals surface area (Å²) in [6.07, 6.45) is 2.73. The fourth-order valence-electron chi connectivity index (χ4n) is 3.02. The fourth-order valence-corrected chi connectivity index (χ4v) is 6.20. The van der Waals surface area contributed by atoms with Crippen molar-refractivity contribution in [1.82, 2.24) is 15.0 Å². The summed E-state index contributed by atoms with van der Waals surface area (Å²) in [5.74, 6) is -0.259. The van der Waals surface area contributed by atoms with Crippen LogP contribution in [-0.2, 0) is 27.8 Å². The van der Waals surface area contributed by atoms with Gasteiger partial charge < -0.3 is 5.32 Å². The third kappa shape index (κ3) is 4.76. The van der Waals surface area contributed by atoms with Crippen molar-refractivity contribution in [3.05, 3.63) is 37.3 Å². The largest absolute Gasteiger partial charge is 0.311 e. The lowest BCUT2D eigenvalue weighted by Gasteiger charge is -2.13. The van der Waals surface area contributed by atoms with Crippen LogP contribution in [0.3, 0.4) is 0 Å². The Kier molecular flexibility index (Phi) is 6.80. The molecule has 1 atom stereocenters. The van der Waals surface area contributed by atoms with Crippen molar-refractivity contribution >= 4 is 73.8 Å². The summed E-state index contributed by atoms with van der Waals surface area (Å²) in [4.78, 5) is 20.7. The Balaban J connectivity index is 0.00000225. The van der Waals surface area contributed by atoms with Gasteiger partial charge in [0.25, 0.3) is 0 Å². The number of hydrogen-bond acceptors (Lipinski definition) is 7. The first-order valence-corrected chi connectivity index (χ1v) is 11.9. The van der Waals surface area contributed by atoms with Crippen molar-refractivity contribution in [2.75, 3.05) is 18.0 Å². The molecule has 7 nitrogen and oxygen atoms in total. The van der Waals surface area contributed by atoms with Gasteiger partial charge in [-0.05, 0) is 24.6 Å². The van der Waals surface area contributed by atoms with Gasteiger partial charge in [-0.1, -0.05) is 22.9 Å². The standard InChI is InChI=1S/C16H17ClN4O3S3.ClH/c17-14-2-1-10(25-14)5-8-27(23,24)20-12-4-7-21(15(12)22)16-19-11-3-6-18-9-13(11)26-16;/h1-2,5,8,12,18,20H,3-4,6-7,9H2;1H/b8-5+;/t12-;/m0./s1. The Morgan fingerprint density at radius 1 is 1.36 bits per heavy atom. The minimum atomic E-state index is -3.74. The van der Waals surface area contributed by atoms with Crippen molar-refractivity contribution in [1.29, 1.82) is 0 Å². The first kappa shape index (κ1) is 21.7. The summed E-state index contributed by atoms with van der Waals surface area (Å²) in [5, 5.41) is 5.01. The van der Waals surface area contributed by atoms with Crippen LogP contribution in [-0.4, -0.2) is 38.4 Å². The van der Waals surface area contributed by atoms with E-state index in [4.69, 9.17) is 11.6 Å². The van der Waals surface area contributed by atoms with Crippen LogP contribution in [0.5, 0.6) is 0 Å². The third-order valence-corrected chi connectivity index (χ3v) is 7.76. The van der Waals surface area contributed by atoms with Gasteiger partial charge in [0.2, 0.25) is 15.9 Å². The first-order chi connectivity index (χ1) is 12.9. The molecule has 0 saturated carbocycles. The van der Waals surface area contributed by atoms with E-state index >= 15 is 0 Å². The number of carbonyl (C=O) groups is 1. The summed E-state index contributed by atoms with van der Waals surface area (Å²) in [6.45, 7) is 2.10. The summed E-state index contributed by atoms with van der Waals surface area (Å²) in [7, 11) is -3.74. The molecule has 0 radical (unpaired) electrons. The number of anilines is 1. The van der Waals surface area contributed by atoms with Crippen LogP contribution in [0.4, 0.5) is 5.13 Å². The zero-order valence-corrected chi connectivity index (χ0v) is 18.6. The Bertz CT molecular complexity index is 979. The second-order valence-electron chi connectivity index (χ2n) is 6.23. The van der Waals surface area contributed by atoms with E-state index in [9.17, 15) is 13.2 Å². The van der Waals surface area contributed by atoms with Gasteiger partial charge in [-0.15, -0.1) is 23.7 Å². The highest BCUT2D eigenvalue weighted by molar-refractivity contribution is 7.92. The molecule has 0 spiro atoms. The fraction of sp³-hybridized carbons (Fsp3) is 0.375. The number of carbonyl (C=O) groups excluding carboxylic acids is 1. The van der Waals surface area contributed by atoms with E-state index in [0.29, 0.717) is 22.4 Å². The highest BCUT2D eigenvalue weighted by Crippen LogP contribution is 2.31. The van der Waals surface area contributed by atoms with Gasteiger partial charge in [-0.3, -0.25) is 9.69 Å². The summed E-state index contributed by atoms with van der Waals surface area (Å²) < 4.78 is 27.7. The van der Waals surface area contributed by atoms with E-state index in [1.807, 2.05) is 0 Å². The molecule has 0 aromatic carbocycles. The summed E-state index contributed by atoms with van der Waals surface area (Å²) in [5.41, 5.74) is 1.03. The maximum Gasteiger partial charge on any atom is 0.247 e. The molecule has 152 valence electrons. The molecule has 4 rings (SSSR count). The maximum atomic E-state index is 12.7. The minimum absolute atomic E-state index is 0. The molecular formula is C16H18Cl2N4O3S3. The molecule has 1 fully saturated rings. The molecule has 2 aromatic heterocycles. The van der Waals surface area contributed by atoms with Crippen LogP contribution in [0.2, 0.25) is 4.34 Å². The highest BCUT2D eigenvalue weighted by atomic mass is 35.5. The molecule has 1 saturated heterocycles. The van der Waals surface area contributed by atoms with Crippen molar-refractivity contribution in [2.24, 2.45) is 0 Å². The number of halogens is 2. The molecule has 2 aliphatic heterocycles. The number of nitrogens with zero attached hydrogens (tertiary/aromatic N) is 2. The number of thiazole rings is 1. The van der Waals surface area contributed by atoms with E-state index in [1.54, 1.807) is 17.0 Å². The number of hydrogen-bond donors (Lipinski definition) is 2. The highest BCUT2D eigenvalue weighted by Gasteiger charge is 2.36. The predicted molar refractivity (Wildman–Crippen MR) is 116 cm³/mol.